The molecule has 35 heavy (non-hydrogen) atoms. The third kappa shape index (κ3) is 3.37. The van der Waals surface area contributed by atoms with Gasteiger partial charge in [-0.05, 0) is 52.1 Å². The van der Waals surface area contributed by atoms with Crippen molar-refractivity contribution >= 4 is 10.9 Å². The van der Waals surface area contributed by atoms with Gasteiger partial charge < -0.3 is 19.0 Å². The highest BCUT2D eigenvalue weighted by Crippen LogP contribution is 2.39. The summed E-state index contributed by atoms with van der Waals surface area (Å²) in [5.41, 5.74) is 4.11. The van der Waals surface area contributed by atoms with Crippen molar-refractivity contribution < 1.29 is 9.84 Å². The van der Waals surface area contributed by atoms with E-state index in [9.17, 15) is 9.90 Å². The zero-order valence-corrected chi connectivity index (χ0v) is 19.6. The SMILES string of the molecule is Cn1cncc1C1(O)c2cccc(c2)CCOc2cccc(c2)-c2cc(=O)n(C)c3ccc1cc23. The lowest BCUT2D eigenvalue weighted by Gasteiger charge is -2.31. The Morgan fingerprint density at radius 3 is 2.63 bits per heavy atom. The molecule has 0 aliphatic carbocycles. The Hall–Kier alpha value is -4.16. The van der Waals surface area contributed by atoms with Crippen LogP contribution in [-0.4, -0.2) is 25.8 Å². The Morgan fingerprint density at radius 1 is 0.971 bits per heavy atom. The number of aliphatic hydroxyl groups is 1. The van der Waals surface area contributed by atoms with E-state index in [1.165, 1.54) is 0 Å². The summed E-state index contributed by atoms with van der Waals surface area (Å²) in [7, 11) is 3.65. The van der Waals surface area contributed by atoms with Crippen LogP contribution in [0, 0.1) is 0 Å². The van der Waals surface area contributed by atoms with Crippen LogP contribution in [0.15, 0.2) is 90.1 Å². The normalized spacial score (nSPS) is 17.2. The molecule has 1 N–H and O–H groups in total. The second kappa shape index (κ2) is 7.96. The van der Waals surface area contributed by atoms with E-state index in [0.29, 0.717) is 24.3 Å². The molecular weight excluding hydrogens is 438 g/mol. The van der Waals surface area contributed by atoms with Crippen molar-refractivity contribution in [1.29, 1.82) is 0 Å². The van der Waals surface area contributed by atoms with Gasteiger partial charge in [-0.15, -0.1) is 0 Å². The summed E-state index contributed by atoms with van der Waals surface area (Å²) >= 11 is 0. The summed E-state index contributed by atoms with van der Waals surface area (Å²) < 4.78 is 9.55. The third-order valence-corrected chi connectivity index (χ3v) is 7.00. The average molecular weight is 464 g/mol. The molecule has 174 valence electrons. The van der Waals surface area contributed by atoms with Crippen molar-refractivity contribution in [3.05, 3.63) is 118 Å². The van der Waals surface area contributed by atoms with Gasteiger partial charge in [0.25, 0.3) is 5.56 Å². The number of hydrogen-bond acceptors (Lipinski definition) is 4. The number of nitrogens with zero attached hydrogens (tertiary/aromatic N) is 3. The molecule has 0 fully saturated rings. The van der Waals surface area contributed by atoms with Crippen LogP contribution in [0.5, 0.6) is 5.75 Å². The fourth-order valence-corrected chi connectivity index (χ4v) is 5.09. The van der Waals surface area contributed by atoms with Gasteiger partial charge in [0.15, 0.2) is 5.60 Å². The Balaban J connectivity index is 1.74. The number of hydrogen-bond donors (Lipinski definition) is 1. The maximum absolute atomic E-state index is 12.9. The maximum atomic E-state index is 12.9. The van der Waals surface area contributed by atoms with Crippen LogP contribution in [0.25, 0.3) is 22.0 Å². The highest BCUT2D eigenvalue weighted by Gasteiger charge is 2.37. The van der Waals surface area contributed by atoms with Crippen molar-refractivity contribution in [2.45, 2.75) is 12.0 Å². The molecule has 6 bridgehead atoms. The van der Waals surface area contributed by atoms with E-state index in [4.69, 9.17) is 4.74 Å². The fourth-order valence-electron chi connectivity index (χ4n) is 5.09. The topological polar surface area (TPSA) is 69.3 Å². The molecule has 6 rings (SSSR count). The summed E-state index contributed by atoms with van der Waals surface area (Å²) in [6.45, 7) is 0.494. The van der Waals surface area contributed by atoms with Gasteiger partial charge in [0.2, 0.25) is 0 Å². The summed E-state index contributed by atoms with van der Waals surface area (Å²) in [5.74, 6) is 0.757. The highest BCUT2D eigenvalue weighted by atomic mass is 16.5. The first kappa shape index (κ1) is 21.4. The number of rotatable bonds is 1. The summed E-state index contributed by atoms with van der Waals surface area (Å²) in [4.78, 5) is 17.1. The predicted molar refractivity (Wildman–Crippen MR) is 136 cm³/mol. The maximum Gasteiger partial charge on any atom is 0.251 e. The molecule has 6 heteroatoms. The largest absolute Gasteiger partial charge is 0.493 e. The van der Waals surface area contributed by atoms with Gasteiger partial charge in [-0.1, -0.05) is 42.5 Å². The molecule has 3 heterocycles. The number of pyridine rings is 1. The zero-order valence-electron chi connectivity index (χ0n) is 19.6. The number of fused-ring (bicyclic) bond motifs is 6. The molecule has 5 aromatic rings. The second-order valence-corrected chi connectivity index (χ2v) is 9.11. The van der Waals surface area contributed by atoms with E-state index >= 15 is 0 Å². The molecule has 0 amide bonds. The lowest BCUT2D eigenvalue weighted by atomic mass is 9.81. The van der Waals surface area contributed by atoms with Gasteiger partial charge in [0.05, 0.1) is 30.3 Å². The first-order valence-corrected chi connectivity index (χ1v) is 11.6. The van der Waals surface area contributed by atoms with E-state index in [0.717, 1.165) is 38.9 Å². The molecule has 0 radical (unpaired) electrons. The minimum absolute atomic E-state index is 0.0951. The Morgan fingerprint density at radius 2 is 1.80 bits per heavy atom. The number of ether oxygens (including phenoxy) is 1. The molecular formula is C29H25N3O3. The highest BCUT2D eigenvalue weighted by molar-refractivity contribution is 5.95. The van der Waals surface area contributed by atoms with E-state index in [2.05, 4.69) is 4.98 Å². The van der Waals surface area contributed by atoms with Crippen molar-refractivity contribution in [3.8, 4) is 16.9 Å². The molecule has 0 spiro atoms. The number of aryl methyl sites for hydroxylation is 2. The van der Waals surface area contributed by atoms with Gasteiger partial charge in [-0.25, -0.2) is 4.98 Å². The van der Waals surface area contributed by atoms with Crippen molar-refractivity contribution in [2.24, 2.45) is 14.1 Å². The quantitative estimate of drug-likeness (QED) is 0.405. The number of benzene rings is 3. The smallest absolute Gasteiger partial charge is 0.251 e. The molecule has 1 aliphatic heterocycles. The lowest BCUT2D eigenvalue weighted by molar-refractivity contribution is 0.117. The van der Waals surface area contributed by atoms with E-state index in [1.807, 2.05) is 78.3 Å². The van der Waals surface area contributed by atoms with Crippen molar-refractivity contribution in [1.82, 2.24) is 14.1 Å². The molecule has 1 unspecified atom stereocenters. The van der Waals surface area contributed by atoms with Gasteiger partial charge in [0, 0.05) is 32.0 Å². The standard InChI is InChI=1S/C29H25N3O3/c1-31-18-30-17-27(31)29(34)21-7-3-5-19(13-21)11-12-35-23-8-4-6-20(14-23)24-16-28(33)32(2)26-10-9-22(29)15-25(24)26/h3-10,13-18,34H,11-12H2,1-2H3. The second-order valence-electron chi connectivity index (χ2n) is 9.11. The van der Waals surface area contributed by atoms with Crippen LogP contribution in [0.1, 0.15) is 22.4 Å². The Labute approximate surface area is 202 Å². The van der Waals surface area contributed by atoms with Crippen LogP contribution in [-0.2, 0) is 26.1 Å². The van der Waals surface area contributed by atoms with Gasteiger partial charge in [-0.3, -0.25) is 4.79 Å². The molecule has 1 atom stereocenters. The van der Waals surface area contributed by atoms with Gasteiger partial charge >= 0.3 is 0 Å². The third-order valence-electron chi connectivity index (χ3n) is 7.00. The van der Waals surface area contributed by atoms with Gasteiger partial charge in [0.1, 0.15) is 5.75 Å². The van der Waals surface area contributed by atoms with E-state index in [1.54, 1.807) is 30.2 Å². The summed E-state index contributed by atoms with van der Waals surface area (Å²) in [6, 6.07) is 23.3. The summed E-state index contributed by atoms with van der Waals surface area (Å²) in [6.07, 6.45) is 4.09. The molecule has 0 saturated heterocycles. The van der Waals surface area contributed by atoms with Crippen LogP contribution < -0.4 is 10.3 Å². The Bertz CT molecular complexity index is 1650. The average Bonchev–Trinajstić information content (AvgIpc) is 3.31. The molecule has 1 aliphatic rings. The first-order valence-electron chi connectivity index (χ1n) is 11.6. The zero-order chi connectivity index (χ0) is 24.2. The molecule has 3 aromatic carbocycles. The minimum atomic E-state index is -1.45. The number of aromatic nitrogens is 3. The molecule has 6 nitrogen and oxygen atoms in total. The number of imidazole rings is 1. The van der Waals surface area contributed by atoms with E-state index in [-0.39, 0.29) is 5.56 Å². The van der Waals surface area contributed by atoms with Crippen LogP contribution in [0.3, 0.4) is 0 Å². The fraction of sp³-hybridized carbons (Fsp3) is 0.172. The van der Waals surface area contributed by atoms with Gasteiger partial charge in [-0.2, -0.15) is 0 Å². The van der Waals surface area contributed by atoms with Crippen LogP contribution >= 0.6 is 0 Å². The summed E-state index contributed by atoms with van der Waals surface area (Å²) in [5, 5.41) is 13.4. The van der Waals surface area contributed by atoms with Crippen molar-refractivity contribution in [3.63, 3.8) is 0 Å². The van der Waals surface area contributed by atoms with Crippen molar-refractivity contribution in [2.75, 3.05) is 6.61 Å². The predicted octanol–water partition coefficient (Wildman–Crippen LogP) is 4.16. The monoisotopic (exact) mass is 463 g/mol. The molecule has 0 saturated carbocycles. The first-order chi connectivity index (χ1) is 16.9. The lowest BCUT2D eigenvalue weighted by Crippen LogP contribution is -2.31. The Kier molecular flexibility index (Phi) is 4.86. The van der Waals surface area contributed by atoms with E-state index < -0.39 is 5.60 Å². The minimum Gasteiger partial charge on any atom is -0.493 e. The van der Waals surface area contributed by atoms with Crippen LogP contribution in [0.2, 0.25) is 0 Å². The molecule has 2 aromatic heterocycles. The van der Waals surface area contributed by atoms with Crippen LogP contribution in [0.4, 0.5) is 0 Å².